The van der Waals surface area contributed by atoms with Gasteiger partial charge in [0.1, 0.15) is 5.82 Å². The number of fused-ring (bicyclic) bond motifs is 1. The molecule has 7 nitrogen and oxygen atoms in total. The van der Waals surface area contributed by atoms with E-state index in [1.165, 1.54) is 30.9 Å². The minimum absolute atomic E-state index is 0.331. The Morgan fingerprint density at radius 1 is 1.00 bits per heavy atom. The molecule has 2 aromatic heterocycles. The first kappa shape index (κ1) is 19.0. The van der Waals surface area contributed by atoms with Gasteiger partial charge in [0.05, 0.1) is 13.1 Å². The summed E-state index contributed by atoms with van der Waals surface area (Å²) in [6.45, 7) is 3.13. The van der Waals surface area contributed by atoms with Crippen molar-refractivity contribution in [3.8, 4) is 0 Å². The maximum atomic E-state index is 12.9. The molecule has 1 aliphatic heterocycles. The minimum atomic E-state index is -0.371. The van der Waals surface area contributed by atoms with Gasteiger partial charge in [0.2, 0.25) is 0 Å². The number of aromatic nitrogens is 4. The Hall–Kier alpha value is -2.38. The Morgan fingerprint density at radius 2 is 1.71 bits per heavy atom. The second-order valence-corrected chi connectivity index (χ2v) is 7.83. The predicted octanol–water partition coefficient (Wildman–Crippen LogP) is 2.12. The van der Waals surface area contributed by atoms with Gasteiger partial charge in [0, 0.05) is 19.1 Å². The van der Waals surface area contributed by atoms with Gasteiger partial charge in [-0.25, -0.2) is 9.78 Å². The van der Waals surface area contributed by atoms with E-state index in [-0.39, 0.29) is 11.2 Å². The first-order valence-corrected chi connectivity index (χ1v) is 9.96. The lowest BCUT2D eigenvalue weighted by Gasteiger charge is -2.26. The maximum Gasteiger partial charge on any atom is 0.332 e. The molecule has 148 valence electrons. The van der Waals surface area contributed by atoms with Gasteiger partial charge >= 0.3 is 5.69 Å². The van der Waals surface area contributed by atoms with E-state index in [1.807, 2.05) is 28.8 Å². The highest BCUT2D eigenvalue weighted by Gasteiger charge is 2.22. The van der Waals surface area contributed by atoms with Gasteiger partial charge in [-0.1, -0.05) is 36.2 Å². The van der Waals surface area contributed by atoms with Crippen molar-refractivity contribution in [3.63, 3.8) is 0 Å². The molecule has 0 N–H and O–H groups in total. The van der Waals surface area contributed by atoms with Gasteiger partial charge in [-0.3, -0.25) is 18.8 Å². The molecule has 1 saturated heterocycles. The topological polar surface area (TPSA) is 65.1 Å². The molecular weight excluding hydrogens is 378 g/mol. The van der Waals surface area contributed by atoms with Crippen molar-refractivity contribution in [1.29, 1.82) is 0 Å². The summed E-state index contributed by atoms with van der Waals surface area (Å²) in [5, 5.41) is 0.648. The molecule has 0 bridgehead atoms. The van der Waals surface area contributed by atoms with E-state index in [2.05, 4.69) is 4.90 Å². The molecule has 0 amide bonds. The van der Waals surface area contributed by atoms with Crippen LogP contribution in [0.1, 0.15) is 30.7 Å². The summed E-state index contributed by atoms with van der Waals surface area (Å²) in [6.07, 6.45) is 3.59. The molecular formula is C20H24ClN5O2. The van der Waals surface area contributed by atoms with Crippen LogP contribution in [0, 0.1) is 0 Å². The van der Waals surface area contributed by atoms with Crippen LogP contribution in [0.25, 0.3) is 11.2 Å². The Bertz CT molecular complexity index is 1140. The van der Waals surface area contributed by atoms with Crippen molar-refractivity contribution >= 4 is 22.8 Å². The number of aryl methyl sites for hydroxylation is 1. The molecule has 1 aromatic carbocycles. The quantitative estimate of drug-likeness (QED) is 0.671. The van der Waals surface area contributed by atoms with Crippen LogP contribution in [0.4, 0.5) is 0 Å². The summed E-state index contributed by atoms with van der Waals surface area (Å²) < 4.78 is 4.50. The van der Waals surface area contributed by atoms with Crippen LogP contribution in [-0.2, 0) is 27.2 Å². The van der Waals surface area contributed by atoms with E-state index in [9.17, 15) is 9.59 Å². The van der Waals surface area contributed by atoms with E-state index in [0.717, 1.165) is 29.0 Å². The van der Waals surface area contributed by atoms with Gasteiger partial charge in [0.15, 0.2) is 11.2 Å². The average Bonchev–Trinajstić information content (AvgIpc) is 3.05. The molecule has 3 heterocycles. The number of likely N-dealkylation sites (tertiary alicyclic amines) is 1. The summed E-state index contributed by atoms with van der Waals surface area (Å²) in [6, 6.07) is 7.60. The van der Waals surface area contributed by atoms with E-state index in [0.29, 0.717) is 29.3 Å². The normalized spacial score (nSPS) is 15.4. The minimum Gasteiger partial charge on any atom is -0.316 e. The Morgan fingerprint density at radius 3 is 2.43 bits per heavy atom. The number of halogens is 1. The Balaban J connectivity index is 1.90. The molecule has 0 aliphatic carbocycles. The summed E-state index contributed by atoms with van der Waals surface area (Å²) in [4.78, 5) is 32.4. The largest absolute Gasteiger partial charge is 0.332 e. The lowest BCUT2D eigenvalue weighted by Crippen LogP contribution is -2.37. The molecule has 28 heavy (non-hydrogen) atoms. The van der Waals surface area contributed by atoms with Gasteiger partial charge < -0.3 is 4.57 Å². The van der Waals surface area contributed by atoms with Crippen LogP contribution in [0.5, 0.6) is 0 Å². The fourth-order valence-corrected chi connectivity index (χ4v) is 4.09. The third-order valence-electron chi connectivity index (χ3n) is 5.53. The second kappa shape index (κ2) is 7.56. The summed E-state index contributed by atoms with van der Waals surface area (Å²) in [5.41, 5.74) is 1.08. The molecule has 1 fully saturated rings. The van der Waals surface area contributed by atoms with Crippen LogP contribution in [0.3, 0.4) is 0 Å². The van der Waals surface area contributed by atoms with Crippen LogP contribution < -0.4 is 11.2 Å². The van der Waals surface area contributed by atoms with Gasteiger partial charge in [-0.2, -0.15) is 0 Å². The first-order chi connectivity index (χ1) is 13.5. The summed E-state index contributed by atoms with van der Waals surface area (Å²) >= 11 is 6.38. The zero-order chi connectivity index (χ0) is 19.8. The standard InChI is InChI=1S/C20H24ClN5O2/c1-23-18-17(19(27)24(2)20(23)28)26(12-14-8-4-5-9-15(14)21)16(22-18)13-25-10-6-3-7-11-25/h4-5,8-9H,3,6-7,10-13H2,1-2H3. The lowest BCUT2D eigenvalue weighted by molar-refractivity contribution is 0.214. The number of rotatable bonds is 4. The van der Waals surface area contributed by atoms with Gasteiger partial charge in [0.25, 0.3) is 5.56 Å². The summed E-state index contributed by atoms with van der Waals surface area (Å²) in [7, 11) is 3.16. The van der Waals surface area contributed by atoms with Crippen LogP contribution in [0.15, 0.2) is 33.9 Å². The molecule has 0 saturated carbocycles. The van der Waals surface area contributed by atoms with Crippen molar-refractivity contribution in [3.05, 3.63) is 61.5 Å². The fourth-order valence-electron chi connectivity index (χ4n) is 3.90. The molecule has 3 aromatic rings. The fraction of sp³-hybridized carbons (Fsp3) is 0.450. The number of piperidine rings is 1. The third-order valence-corrected chi connectivity index (χ3v) is 5.90. The summed E-state index contributed by atoms with van der Waals surface area (Å²) in [5.74, 6) is 0.787. The number of benzene rings is 1. The zero-order valence-corrected chi connectivity index (χ0v) is 16.9. The van der Waals surface area contributed by atoms with E-state index in [1.54, 1.807) is 7.05 Å². The van der Waals surface area contributed by atoms with E-state index in [4.69, 9.17) is 16.6 Å². The molecule has 1 aliphatic rings. The molecule has 0 atom stereocenters. The van der Waals surface area contributed by atoms with Crippen molar-refractivity contribution < 1.29 is 0 Å². The molecule has 0 unspecified atom stereocenters. The van der Waals surface area contributed by atoms with Crippen LogP contribution in [0.2, 0.25) is 5.02 Å². The molecule has 0 spiro atoms. The second-order valence-electron chi connectivity index (χ2n) is 7.42. The molecule has 4 rings (SSSR count). The first-order valence-electron chi connectivity index (χ1n) is 9.58. The van der Waals surface area contributed by atoms with E-state index >= 15 is 0 Å². The average molecular weight is 402 g/mol. The van der Waals surface area contributed by atoms with Gasteiger partial charge in [-0.15, -0.1) is 0 Å². The number of imidazole rings is 1. The van der Waals surface area contributed by atoms with Crippen molar-refractivity contribution in [2.75, 3.05) is 13.1 Å². The number of nitrogens with zero attached hydrogens (tertiary/aromatic N) is 5. The SMILES string of the molecule is Cn1c(=O)c2c(nc(CN3CCCCC3)n2Cc2ccccc2Cl)n(C)c1=O. The Kier molecular flexibility index (Phi) is 5.12. The lowest BCUT2D eigenvalue weighted by atomic mass is 10.1. The van der Waals surface area contributed by atoms with Crippen molar-refractivity contribution in [1.82, 2.24) is 23.6 Å². The highest BCUT2D eigenvalue weighted by molar-refractivity contribution is 6.31. The monoisotopic (exact) mass is 401 g/mol. The molecule has 8 heteroatoms. The highest BCUT2D eigenvalue weighted by Crippen LogP contribution is 2.21. The number of hydrogen-bond acceptors (Lipinski definition) is 4. The third kappa shape index (κ3) is 3.29. The smallest absolute Gasteiger partial charge is 0.316 e. The highest BCUT2D eigenvalue weighted by atomic mass is 35.5. The predicted molar refractivity (Wildman–Crippen MR) is 110 cm³/mol. The van der Waals surface area contributed by atoms with Crippen molar-refractivity contribution in [2.24, 2.45) is 14.1 Å². The van der Waals surface area contributed by atoms with Crippen LogP contribution in [-0.4, -0.2) is 36.7 Å². The maximum absolute atomic E-state index is 12.9. The van der Waals surface area contributed by atoms with E-state index < -0.39 is 0 Å². The van der Waals surface area contributed by atoms with Crippen molar-refractivity contribution in [2.45, 2.75) is 32.4 Å². The number of hydrogen-bond donors (Lipinski definition) is 0. The van der Waals surface area contributed by atoms with Crippen LogP contribution >= 0.6 is 11.6 Å². The Labute approximate surface area is 167 Å². The zero-order valence-electron chi connectivity index (χ0n) is 16.2. The van der Waals surface area contributed by atoms with Gasteiger partial charge in [-0.05, 0) is 37.6 Å². The molecule has 0 radical (unpaired) electrons.